The van der Waals surface area contributed by atoms with Gasteiger partial charge in [0.15, 0.2) is 0 Å². The van der Waals surface area contributed by atoms with E-state index in [1.807, 2.05) is 0 Å². The molecule has 0 saturated carbocycles. The third kappa shape index (κ3) is 15.5. The Hall–Kier alpha value is 0.817. The summed E-state index contributed by atoms with van der Waals surface area (Å²) in [6.07, 6.45) is 41.5. The van der Waals surface area contributed by atoms with E-state index in [4.69, 9.17) is 4.74 Å². The van der Waals surface area contributed by atoms with E-state index in [9.17, 15) is 0 Å². The van der Waals surface area contributed by atoms with Crippen LogP contribution in [0.4, 0.5) is 0 Å². The van der Waals surface area contributed by atoms with Gasteiger partial charge in [-0.05, 0) is 0 Å². The van der Waals surface area contributed by atoms with Crippen molar-refractivity contribution < 1.29 is 4.74 Å². The van der Waals surface area contributed by atoms with E-state index in [1.54, 1.807) is 32.2 Å². The molecule has 0 radical (unpaired) electrons. The molecule has 0 spiro atoms. The number of hydrogen-bond acceptors (Lipinski definition) is 1. The monoisotopic (exact) mass is 926 g/mol. The van der Waals surface area contributed by atoms with Gasteiger partial charge >= 0.3 is 301 Å². The van der Waals surface area contributed by atoms with E-state index < -0.39 is 36.8 Å². The number of ether oxygens (including phenoxy) is 1. The molecule has 0 amide bonds. The zero-order chi connectivity index (χ0) is 36.4. The van der Waals surface area contributed by atoms with Crippen LogP contribution in [-0.2, 0) is 10.3 Å². The summed E-state index contributed by atoms with van der Waals surface area (Å²) < 4.78 is 21.2. The standard InChI is InChI=1S/C22H33OP.6C4H9.2Sn/c1-2-3-4-5-6-7-8-9-10-14-18-23-22(16-12-11-13-17-22)21-15-19-24-20-21;6*1-3-4-2;;/h11-13,15-16,24H,2-10,14,17-18H2,1H3;6*1,3-4H2,2H3;;. The second kappa shape index (κ2) is 28.3. The third-order valence-electron chi connectivity index (χ3n) is 12.3. The van der Waals surface area contributed by atoms with Crippen molar-refractivity contribution in [3.05, 3.63) is 35.9 Å². The van der Waals surface area contributed by atoms with E-state index in [-0.39, 0.29) is 5.60 Å². The number of rotatable bonds is 33. The quantitative estimate of drug-likeness (QED) is 0.0504. The van der Waals surface area contributed by atoms with Gasteiger partial charge in [0.2, 0.25) is 0 Å². The van der Waals surface area contributed by atoms with Gasteiger partial charge in [-0.15, -0.1) is 0 Å². The normalized spacial score (nSPS) is 16.7. The third-order valence-corrected chi connectivity index (χ3v) is 52.4. The van der Waals surface area contributed by atoms with Crippen molar-refractivity contribution in [2.75, 3.05) is 6.61 Å². The van der Waals surface area contributed by atoms with Crippen LogP contribution in [0.2, 0.25) is 26.6 Å². The molecular formula is C46H87OPSn2. The van der Waals surface area contributed by atoms with Gasteiger partial charge in [-0.2, -0.15) is 0 Å². The minimum atomic E-state index is -2.72. The fourth-order valence-corrected chi connectivity index (χ4v) is 55.3. The van der Waals surface area contributed by atoms with Crippen molar-refractivity contribution >= 4 is 51.6 Å². The SMILES string of the molecule is CCCCCCCCCCCCOC1(c2c[c]([Sn]([CH2]CCC)([CH2]CCC)[CH2]CCC)[pH][c]2[Sn]([CH2]CCC)([CH2]CCC)[CH2]CCC)C=CC=CC1. The van der Waals surface area contributed by atoms with Gasteiger partial charge in [0.25, 0.3) is 0 Å². The van der Waals surface area contributed by atoms with Crippen molar-refractivity contribution in [3.8, 4) is 0 Å². The maximum absolute atomic E-state index is 7.39. The molecule has 0 N–H and O–H groups in total. The molecule has 50 heavy (non-hydrogen) atoms. The zero-order valence-corrected chi connectivity index (χ0v) is 41.7. The van der Waals surface area contributed by atoms with Crippen LogP contribution in [0, 0.1) is 0 Å². The van der Waals surface area contributed by atoms with E-state index in [0.29, 0.717) is 0 Å². The number of allylic oxidation sites excluding steroid dienone is 2. The molecule has 0 fully saturated rings. The van der Waals surface area contributed by atoms with E-state index in [2.05, 4.69) is 85.5 Å². The molecule has 0 bridgehead atoms. The minimum absolute atomic E-state index is 0.219. The van der Waals surface area contributed by atoms with Crippen LogP contribution < -0.4 is 6.62 Å². The fourth-order valence-electron chi connectivity index (χ4n) is 8.94. The zero-order valence-electron chi connectivity index (χ0n) is 35.0. The molecule has 0 saturated heterocycles. The Morgan fingerprint density at radius 3 is 1.36 bits per heavy atom. The Morgan fingerprint density at radius 1 is 0.520 bits per heavy atom. The first-order chi connectivity index (χ1) is 24.5. The Balaban J connectivity index is 2.60. The summed E-state index contributed by atoms with van der Waals surface area (Å²) in [6.45, 7) is 18.0. The van der Waals surface area contributed by atoms with Crippen LogP contribution in [0.15, 0.2) is 30.4 Å². The van der Waals surface area contributed by atoms with Crippen LogP contribution in [0.5, 0.6) is 0 Å². The number of hydrogen-bond donors (Lipinski definition) is 0. The van der Waals surface area contributed by atoms with Crippen LogP contribution in [0.3, 0.4) is 0 Å². The molecule has 290 valence electrons. The molecular weight excluding hydrogens is 837 g/mol. The van der Waals surface area contributed by atoms with Gasteiger partial charge in [0.1, 0.15) is 0 Å². The Bertz CT molecular complexity index is 984. The Morgan fingerprint density at radius 2 is 0.940 bits per heavy atom. The molecule has 2 atom stereocenters. The molecule has 1 aromatic heterocycles. The first kappa shape index (κ1) is 47.0. The molecule has 1 heterocycles. The molecule has 1 aliphatic carbocycles. The molecule has 1 aliphatic rings. The van der Waals surface area contributed by atoms with Gasteiger partial charge in [0.05, 0.1) is 0 Å². The van der Waals surface area contributed by atoms with Crippen LogP contribution >= 0.6 is 8.19 Å². The second-order valence-electron chi connectivity index (χ2n) is 16.6. The fraction of sp³-hybridized carbons (Fsp3) is 0.826. The van der Waals surface area contributed by atoms with Gasteiger partial charge in [-0.25, -0.2) is 0 Å². The first-order valence-electron chi connectivity index (χ1n) is 22.7. The molecule has 0 aromatic carbocycles. The van der Waals surface area contributed by atoms with Gasteiger partial charge in [0, 0.05) is 0 Å². The van der Waals surface area contributed by atoms with E-state index in [0.717, 1.165) is 21.2 Å². The van der Waals surface area contributed by atoms with Crippen molar-refractivity contribution in [1.82, 2.24) is 0 Å². The van der Waals surface area contributed by atoms with E-state index in [1.165, 1.54) is 141 Å². The summed E-state index contributed by atoms with van der Waals surface area (Å²) in [4.78, 5) is 0. The summed E-state index contributed by atoms with van der Waals surface area (Å²) in [5, 5.41) is 0. The summed E-state index contributed by atoms with van der Waals surface area (Å²) >= 11 is -5.30. The topological polar surface area (TPSA) is 9.23 Å². The second-order valence-corrected chi connectivity index (χ2v) is 46.9. The van der Waals surface area contributed by atoms with Crippen LogP contribution in [0.1, 0.15) is 202 Å². The van der Waals surface area contributed by atoms with Crippen LogP contribution in [-0.4, -0.2) is 43.4 Å². The average Bonchev–Trinajstić information content (AvgIpc) is 3.62. The van der Waals surface area contributed by atoms with Crippen molar-refractivity contribution in [1.29, 1.82) is 0 Å². The molecule has 0 aliphatic heterocycles. The summed E-state index contributed by atoms with van der Waals surface area (Å²) in [5.41, 5.74) is 1.55. The predicted molar refractivity (Wildman–Crippen MR) is 237 cm³/mol. The Labute approximate surface area is 324 Å². The average molecular weight is 925 g/mol. The van der Waals surface area contributed by atoms with Crippen molar-refractivity contribution in [2.24, 2.45) is 0 Å². The van der Waals surface area contributed by atoms with Crippen LogP contribution in [0.25, 0.3) is 0 Å². The maximum atomic E-state index is 7.39. The number of unbranched alkanes of at least 4 members (excludes halogenated alkanes) is 15. The van der Waals surface area contributed by atoms with Crippen molar-refractivity contribution in [3.63, 3.8) is 0 Å². The molecule has 1 nitrogen and oxygen atoms in total. The molecule has 1 aromatic rings. The molecule has 4 heteroatoms. The summed E-state index contributed by atoms with van der Waals surface area (Å²) in [5.74, 6) is 0. The predicted octanol–water partition coefficient (Wildman–Crippen LogP) is 15.5. The van der Waals surface area contributed by atoms with Gasteiger partial charge in [-0.1, -0.05) is 26.2 Å². The Kier molecular flexibility index (Phi) is 26.5. The van der Waals surface area contributed by atoms with E-state index >= 15 is 0 Å². The molecule has 2 rings (SSSR count). The molecule has 2 unspecified atom stereocenters. The summed E-state index contributed by atoms with van der Waals surface area (Å²) in [6, 6.07) is 2.97. The van der Waals surface area contributed by atoms with Crippen molar-refractivity contribution in [2.45, 2.75) is 228 Å². The summed E-state index contributed by atoms with van der Waals surface area (Å²) in [7, 11) is 1.04. The van der Waals surface area contributed by atoms with Gasteiger partial charge in [-0.3, -0.25) is 0 Å². The first-order valence-corrected chi connectivity index (χ1v) is 38.7. The van der Waals surface area contributed by atoms with Gasteiger partial charge < -0.3 is 0 Å².